The first-order valence-corrected chi connectivity index (χ1v) is 9.42. The number of aryl methyl sites for hydroxylation is 1. The van der Waals surface area contributed by atoms with Crippen molar-refractivity contribution in [1.29, 1.82) is 0 Å². The molecule has 0 unspecified atom stereocenters. The molecule has 1 aromatic carbocycles. The lowest BCUT2D eigenvalue weighted by molar-refractivity contribution is 0.0603. The second kappa shape index (κ2) is 7.22. The number of aliphatic hydroxyl groups is 1. The van der Waals surface area contributed by atoms with Crippen molar-refractivity contribution in [2.24, 2.45) is 0 Å². The number of nitrogens with zero attached hydrogens (tertiary/aromatic N) is 4. The molecule has 0 spiro atoms. The van der Waals surface area contributed by atoms with Crippen LogP contribution in [0.5, 0.6) is 0 Å². The Labute approximate surface area is 168 Å². The first-order valence-electron chi connectivity index (χ1n) is 9.42. The van der Waals surface area contributed by atoms with Gasteiger partial charge in [0, 0.05) is 23.5 Å². The van der Waals surface area contributed by atoms with Crippen molar-refractivity contribution < 1.29 is 5.11 Å². The minimum atomic E-state index is -1.03. The van der Waals surface area contributed by atoms with Crippen LogP contribution in [0.4, 0.5) is 0 Å². The fourth-order valence-electron chi connectivity index (χ4n) is 3.27. The monoisotopic (exact) mass is 386 g/mol. The number of aromatic nitrogens is 4. The smallest absolute Gasteiger partial charge is 0.261 e. The van der Waals surface area contributed by atoms with E-state index in [1.54, 1.807) is 32.3 Å². The number of benzene rings is 1. The van der Waals surface area contributed by atoms with Crippen molar-refractivity contribution in [1.82, 2.24) is 19.5 Å². The van der Waals surface area contributed by atoms with Crippen LogP contribution in [0, 0.1) is 6.92 Å². The molecule has 0 radical (unpaired) electrons. The van der Waals surface area contributed by atoms with Crippen molar-refractivity contribution in [3.63, 3.8) is 0 Å². The standard InChI is InChI=1S/C23H22N4O2/c1-15-6-8-16(9-7-15)19-11-18-21(20(26-19)17-5-4-10-24-12-17)25-14-27(22(18)28)13-23(2,3)29/h4-12,14,29H,13H2,1-3H3. The highest BCUT2D eigenvalue weighted by molar-refractivity contribution is 5.93. The average molecular weight is 386 g/mol. The Balaban J connectivity index is 2.01. The molecule has 6 nitrogen and oxygen atoms in total. The number of hydrogen-bond acceptors (Lipinski definition) is 5. The van der Waals surface area contributed by atoms with E-state index in [2.05, 4.69) is 9.97 Å². The van der Waals surface area contributed by atoms with E-state index in [9.17, 15) is 9.90 Å². The van der Waals surface area contributed by atoms with Crippen LogP contribution < -0.4 is 5.56 Å². The molecule has 4 aromatic rings. The van der Waals surface area contributed by atoms with Gasteiger partial charge in [-0.15, -0.1) is 0 Å². The molecule has 0 fully saturated rings. The van der Waals surface area contributed by atoms with Crippen molar-refractivity contribution in [3.05, 3.63) is 77.1 Å². The molecule has 0 bridgehead atoms. The number of fused-ring (bicyclic) bond motifs is 1. The Hall–Kier alpha value is -3.38. The van der Waals surface area contributed by atoms with Crippen LogP contribution in [-0.4, -0.2) is 30.2 Å². The summed E-state index contributed by atoms with van der Waals surface area (Å²) in [6.07, 6.45) is 4.87. The molecule has 3 heterocycles. The highest BCUT2D eigenvalue weighted by Crippen LogP contribution is 2.28. The van der Waals surface area contributed by atoms with E-state index in [-0.39, 0.29) is 12.1 Å². The molecule has 0 aliphatic carbocycles. The third-order valence-electron chi connectivity index (χ3n) is 4.65. The van der Waals surface area contributed by atoms with E-state index >= 15 is 0 Å². The third kappa shape index (κ3) is 3.93. The first kappa shape index (κ1) is 19.0. The summed E-state index contributed by atoms with van der Waals surface area (Å²) in [6.45, 7) is 5.50. The molecular formula is C23H22N4O2. The first-order chi connectivity index (χ1) is 13.8. The summed E-state index contributed by atoms with van der Waals surface area (Å²) in [7, 11) is 0. The highest BCUT2D eigenvalue weighted by Gasteiger charge is 2.18. The lowest BCUT2D eigenvalue weighted by Gasteiger charge is -2.19. The van der Waals surface area contributed by atoms with Gasteiger partial charge in [0.25, 0.3) is 5.56 Å². The van der Waals surface area contributed by atoms with Crippen molar-refractivity contribution >= 4 is 10.9 Å². The lowest BCUT2D eigenvalue weighted by Crippen LogP contribution is -2.33. The zero-order valence-electron chi connectivity index (χ0n) is 16.6. The highest BCUT2D eigenvalue weighted by atomic mass is 16.3. The van der Waals surface area contributed by atoms with Gasteiger partial charge in [-0.1, -0.05) is 29.8 Å². The molecule has 0 aliphatic rings. The minimum absolute atomic E-state index is 0.152. The maximum Gasteiger partial charge on any atom is 0.261 e. The van der Waals surface area contributed by atoms with Gasteiger partial charge in [0.2, 0.25) is 0 Å². The summed E-state index contributed by atoms with van der Waals surface area (Å²) in [5.41, 5.74) is 3.44. The summed E-state index contributed by atoms with van der Waals surface area (Å²) in [5, 5.41) is 10.6. The molecule has 0 saturated heterocycles. The van der Waals surface area contributed by atoms with E-state index in [1.165, 1.54) is 10.9 Å². The molecular weight excluding hydrogens is 364 g/mol. The molecule has 0 saturated carbocycles. The normalized spacial score (nSPS) is 11.7. The molecule has 0 aliphatic heterocycles. The average Bonchev–Trinajstić information content (AvgIpc) is 2.70. The van der Waals surface area contributed by atoms with Crippen molar-refractivity contribution in [2.45, 2.75) is 32.9 Å². The van der Waals surface area contributed by atoms with Gasteiger partial charge in [-0.2, -0.15) is 0 Å². The summed E-state index contributed by atoms with van der Waals surface area (Å²) >= 11 is 0. The second-order valence-corrected chi connectivity index (χ2v) is 7.85. The van der Waals surface area contributed by atoms with Crippen molar-refractivity contribution in [3.8, 4) is 22.5 Å². The largest absolute Gasteiger partial charge is 0.389 e. The van der Waals surface area contributed by atoms with Gasteiger partial charge in [0.15, 0.2) is 0 Å². The Morgan fingerprint density at radius 3 is 2.52 bits per heavy atom. The summed E-state index contributed by atoms with van der Waals surface area (Å²) in [5.74, 6) is 0. The van der Waals surface area contributed by atoms with Gasteiger partial charge in [0.1, 0.15) is 5.52 Å². The van der Waals surface area contributed by atoms with E-state index in [4.69, 9.17) is 4.98 Å². The van der Waals surface area contributed by atoms with Gasteiger partial charge in [0.05, 0.1) is 35.2 Å². The van der Waals surface area contributed by atoms with Gasteiger partial charge in [-0.3, -0.25) is 14.3 Å². The molecule has 6 heteroatoms. The van der Waals surface area contributed by atoms with E-state index in [0.29, 0.717) is 22.3 Å². The second-order valence-electron chi connectivity index (χ2n) is 7.85. The third-order valence-corrected chi connectivity index (χ3v) is 4.65. The molecule has 4 rings (SSSR count). The fourth-order valence-corrected chi connectivity index (χ4v) is 3.27. The maximum atomic E-state index is 13.2. The van der Waals surface area contributed by atoms with E-state index in [0.717, 1.165) is 16.7 Å². The number of pyridine rings is 2. The van der Waals surface area contributed by atoms with Crippen LogP contribution in [0.2, 0.25) is 0 Å². The molecule has 146 valence electrons. The van der Waals surface area contributed by atoms with Crippen LogP contribution in [0.3, 0.4) is 0 Å². The number of hydrogen-bond donors (Lipinski definition) is 1. The summed E-state index contributed by atoms with van der Waals surface area (Å²) in [6, 6.07) is 13.5. The van der Waals surface area contributed by atoms with Gasteiger partial charge >= 0.3 is 0 Å². The lowest BCUT2D eigenvalue weighted by atomic mass is 10.0. The zero-order chi connectivity index (χ0) is 20.6. The van der Waals surface area contributed by atoms with Crippen LogP contribution in [-0.2, 0) is 6.54 Å². The Morgan fingerprint density at radius 1 is 1.10 bits per heavy atom. The fraction of sp³-hybridized carbons (Fsp3) is 0.217. The van der Waals surface area contributed by atoms with Crippen molar-refractivity contribution in [2.75, 3.05) is 0 Å². The molecule has 0 amide bonds. The van der Waals surface area contributed by atoms with Gasteiger partial charge < -0.3 is 5.11 Å². The molecule has 0 atom stereocenters. The predicted molar refractivity (Wildman–Crippen MR) is 113 cm³/mol. The van der Waals surface area contributed by atoms with E-state index in [1.807, 2.05) is 43.3 Å². The summed E-state index contributed by atoms with van der Waals surface area (Å²) in [4.78, 5) is 26.7. The summed E-state index contributed by atoms with van der Waals surface area (Å²) < 4.78 is 1.44. The van der Waals surface area contributed by atoms with Crippen LogP contribution in [0.25, 0.3) is 33.4 Å². The van der Waals surface area contributed by atoms with Crippen LogP contribution >= 0.6 is 0 Å². The van der Waals surface area contributed by atoms with Crippen LogP contribution in [0.1, 0.15) is 19.4 Å². The maximum absolute atomic E-state index is 13.2. The zero-order valence-corrected chi connectivity index (χ0v) is 16.6. The Morgan fingerprint density at radius 2 is 1.86 bits per heavy atom. The SMILES string of the molecule is Cc1ccc(-c2cc3c(=O)n(CC(C)(C)O)cnc3c(-c3cccnc3)n2)cc1. The molecule has 29 heavy (non-hydrogen) atoms. The quantitative estimate of drug-likeness (QED) is 0.580. The number of rotatable bonds is 4. The molecule has 3 aromatic heterocycles. The predicted octanol–water partition coefficient (Wildman–Crippen LogP) is 3.60. The Bertz CT molecular complexity index is 1220. The minimum Gasteiger partial charge on any atom is -0.389 e. The topological polar surface area (TPSA) is 80.9 Å². The van der Waals surface area contributed by atoms with E-state index < -0.39 is 5.60 Å². The van der Waals surface area contributed by atoms with Gasteiger partial charge in [-0.25, -0.2) is 9.97 Å². The van der Waals surface area contributed by atoms with Crippen LogP contribution in [0.15, 0.2) is 66.0 Å². The van der Waals surface area contributed by atoms with Gasteiger partial charge in [-0.05, 0) is 39.0 Å². The Kier molecular flexibility index (Phi) is 4.72. The molecule has 1 N–H and O–H groups in total.